The molecule has 33 heavy (non-hydrogen) atoms. The number of nitrogens with zero attached hydrogens (tertiary/aromatic N) is 1. The number of phenols is 1. The summed E-state index contributed by atoms with van der Waals surface area (Å²) in [5, 5.41) is 19.0. The minimum atomic E-state index is -0.418. The van der Waals surface area contributed by atoms with Crippen molar-refractivity contribution in [3.8, 4) is 5.75 Å². The first-order valence-electron chi connectivity index (χ1n) is 10.3. The molecule has 0 bridgehead atoms. The van der Waals surface area contributed by atoms with Gasteiger partial charge < -0.3 is 21.1 Å². The molecule has 0 aliphatic carbocycles. The summed E-state index contributed by atoms with van der Waals surface area (Å²) in [5.41, 5.74) is 1.09. The van der Waals surface area contributed by atoms with Crippen molar-refractivity contribution in [1.29, 1.82) is 0 Å². The number of halogens is 1. The summed E-state index contributed by atoms with van der Waals surface area (Å²) >= 11 is 6.31. The van der Waals surface area contributed by atoms with Crippen LogP contribution in [-0.2, 0) is 0 Å². The molecule has 0 spiro atoms. The van der Waals surface area contributed by atoms with Gasteiger partial charge in [-0.15, -0.1) is 0 Å². The number of amides is 2. The zero-order valence-corrected chi connectivity index (χ0v) is 18.2. The van der Waals surface area contributed by atoms with Crippen LogP contribution in [0.15, 0.2) is 67.0 Å². The zero-order valence-electron chi connectivity index (χ0n) is 17.4. The van der Waals surface area contributed by atoms with Gasteiger partial charge in [0.2, 0.25) is 0 Å². The first-order chi connectivity index (χ1) is 15.9. The molecule has 0 unspecified atom stereocenters. The number of nitrogens with one attached hydrogen (secondary N) is 3. The number of carbonyl (C=O) groups is 3. The van der Waals surface area contributed by atoms with Gasteiger partial charge in [0.1, 0.15) is 5.75 Å². The Hall–Kier alpha value is -3.75. The van der Waals surface area contributed by atoms with Crippen molar-refractivity contribution in [2.45, 2.75) is 12.1 Å². The molecule has 2 aromatic carbocycles. The van der Waals surface area contributed by atoms with Crippen molar-refractivity contribution in [2.75, 3.05) is 13.1 Å². The summed E-state index contributed by atoms with van der Waals surface area (Å²) < 4.78 is 0. The molecular weight excluding hydrogens is 444 g/mol. The van der Waals surface area contributed by atoms with E-state index in [1.165, 1.54) is 42.7 Å². The van der Waals surface area contributed by atoms with Crippen LogP contribution in [-0.4, -0.2) is 52.9 Å². The Morgan fingerprint density at radius 2 is 1.55 bits per heavy atom. The summed E-state index contributed by atoms with van der Waals surface area (Å²) in [4.78, 5) is 41.9. The minimum absolute atomic E-state index is 0.108. The number of pyridine rings is 1. The first kappa shape index (κ1) is 22.4. The van der Waals surface area contributed by atoms with Gasteiger partial charge in [0.15, 0.2) is 5.78 Å². The number of hydrogen-bond acceptors (Lipinski definition) is 6. The normalized spacial score (nSPS) is 17.4. The maximum atomic E-state index is 12.9. The molecule has 1 aromatic heterocycles. The second-order valence-corrected chi connectivity index (χ2v) is 8.00. The highest BCUT2D eigenvalue weighted by atomic mass is 35.5. The van der Waals surface area contributed by atoms with E-state index < -0.39 is 11.7 Å². The summed E-state index contributed by atoms with van der Waals surface area (Å²) in [6.45, 7) is 0.984. The third-order valence-electron chi connectivity index (χ3n) is 5.41. The second-order valence-electron chi connectivity index (χ2n) is 7.59. The summed E-state index contributed by atoms with van der Waals surface area (Å²) in [7, 11) is 0. The molecule has 1 aliphatic rings. The highest BCUT2D eigenvalue weighted by molar-refractivity contribution is 6.34. The molecule has 1 saturated heterocycles. The van der Waals surface area contributed by atoms with E-state index in [0.717, 1.165) is 0 Å². The Morgan fingerprint density at radius 3 is 2.21 bits per heavy atom. The molecule has 2 heterocycles. The van der Waals surface area contributed by atoms with Crippen LogP contribution >= 0.6 is 11.6 Å². The lowest BCUT2D eigenvalue weighted by atomic mass is 10.0. The number of phenolic OH excluding ortho intramolecular Hbond substituents is 1. The van der Waals surface area contributed by atoms with Crippen LogP contribution in [0.4, 0.5) is 0 Å². The van der Waals surface area contributed by atoms with Gasteiger partial charge in [0.05, 0.1) is 28.2 Å². The average Bonchev–Trinajstić information content (AvgIpc) is 3.25. The van der Waals surface area contributed by atoms with E-state index in [1.807, 2.05) is 0 Å². The van der Waals surface area contributed by atoms with Gasteiger partial charge in [-0.1, -0.05) is 29.8 Å². The predicted molar refractivity (Wildman–Crippen MR) is 123 cm³/mol. The second kappa shape index (κ2) is 9.81. The van der Waals surface area contributed by atoms with Gasteiger partial charge in [-0.3, -0.25) is 19.4 Å². The summed E-state index contributed by atoms with van der Waals surface area (Å²) in [6, 6.07) is 13.1. The fourth-order valence-corrected chi connectivity index (χ4v) is 3.91. The Labute approximate surface area is 195 Å². The Bertz CT molecular complexity index is 1200. The Balaban J connectivity index is 1.44. The SMILES string of the molecule is O=C(N[C@@H]1CNC[C@H]1NC(=O)c1ccc(C(=O)c2ccccc2O)cc1Cl)c1ccncc1. The number of aromatic nitrogens is 1. The van der Waals surface area contributed by atoms with Crippen molar-refractivity contribution in [3.05, 3.63) is 94.3 Å². The van der Waals surface area contributed by atoms with E-state index in [9.17, 15) is 19.5 Å². The molecule has 2 amide bonds. The van der Waals surface area contributed by atoms with Crippen molar-refractivity contribution in [3.63, 3.8) is 0 Å². The maximum absolute atomic E-state index is 12.9. The minimum Gasteiger partial charge on any atom is -0.507 e. The average molecular weight is 465 g/mol. The smallest absolute Gasteiger partial charge is 0.253 e. The molecule has 1 aliphatic heterocycles. The van der Waals surface area contributed by atoms with Gasteiger partial charge in [-0.2, -0.15) is 0 Å². The van der Waals surface area contributed by atoms with Crippen LogP contribution in [0.2, 0.25) is 5.02 Å². The molecule has 4 N–H and O–H groups in total. The maximum Gasteiger partial charge on any atom is 0.253 e. The molecule has 168 valence electrons. The highest BCUT2D eigenvalue weighted by Crippen LogP contribution is 2.24. The van der Waals surface area contributed by atoms with Crippen LogP contribution in [0, 0.1) is 0 Å². The van der Waals surface area contributed by atoms with Crippen LogP contribution in [0.3, 0.4) is 0 Å². The van der Waals surface area contributed by atoms with Crippen molar-refractivity contribution >= 4 is 29.2 Å². The highest BCUT2D eigenvalue weighted by Gasteiger charge is 2.30. The number of rotatable bonds is 6. The van der Waals surface area contributed by atoms with Crippen LogP contribution in [0.5, 0.6) is 5.75 Å². The van der Waals surface area contributed by atoms with Crippen molar-refractivity contribution in [1.82, 2.24) is 20.9 Å². The number of hydrogen-bond donors (Lipinski definition) is 4. The molecule has 3 aromatic rings. The van der Waals surface area contributed by atoms with Crippen LogP contribution < -0.4 is 16.0 Å². The van der Waals surface area contributed by atoms with Crippen molar-refractivity contribution < 1.29 is 19.5 Å². The van der Waals surface area contributed by atoms with Gasteiger partial charge >= 0.3 is 0 Å². The fourth-order valence-electron chi connectivity index (χ4n) is 3.64. The summed E-state index contributed by atoms with van der Waals surface area (Å²) in [5.74, 6) is -1.20. The monoisotopic (exact) mass is 464 g/mol. The van der Waals surface area contributed by atoms with E-state index in [2.05, 4.69) is 20.9 Å². The molecule has 9 heteroatoms. The lowest BCUT2D eigenvalue weighted by molar-refractivity contribution is 0.0896. The predicted octanol–water partition coefficient (Wildman–Crippen LogP) is 2.17. The zero-order chi connectivity index (χ0) is 23.4. The Morgan fingerprint density at radius 1 is 0.879 bits per heavy atom. The summed E-state index contributed by atoms with van der Waals surface area (Å²) in [6.07, 6.45) is 3.08. The van der Waals surface area contributed by atoms with E-state index in [1.54, 1.807) is 24.3 Å². The Kier molecular flexibility index (Phi) is 6.67. The standard InChI is InChI=1S/C24H21ClN4O4/c25-18-11-15(22(31)17-3-1-2-4-21(17)30)5-6-16(18)24(33)29-20-13-27-12-19(20)28-23(32)14-7-9-26-10-8-14/h1-11,19-20,27,30H,12-13H2,(H,28,32)(H,29,33)/t19-,20-/m1/s1. The molecule has 4 rings (SSSR count). The fraction of sp³-hybridized carbons (Fsp3) is 0.167. The number of carbonyl (C=O) groups excluding carboxylic acids is 3. The van der Waals surface area contributed by atoms with Gasteiger partial charge in [-0.25, -0.2) is 0 Å². The molecule has 1 fully saturated rings. The lowest BCUT2D eigenvalue weighted by Gasteiger charge is -2.21. The number of benzene rings is 2. The first-order valence-corrected chi connectivity index (χ1v) is 10.7. The van der Waals surface area contributed by atoms with E-state index in [0.29, 0.717) is 18.7 Å². The largest absolute Gasteiger partial charge is 0.507 e. The molecular formula is C24H21ClN4O4. The van der Waals surface area contributed by atoms with E-state index in [-0.39, 0.29) is 45.5 Å². The van der Waals surface area contributed by atoms with E-state index >= 15 is 0 Å². The van der Waals surface area contributed by atoms with E-state index in [4.69, 9.17) is 11.6 Å². The van der Waals surface area contributed by atoms with Crippen LogP contribution in [0.1, 0.15) is 36.6 Å². The number of para-hydroxylation sites is 1. The molecule has 0 saturated carbocycles. The quantitative estimate of drug-likeness (QED) is 0.415. The van der Waals surface area contributed by atoms with Gasteiger partial charge in [0.25, 0.3) is 11.8 Å². The third kappa shape index (κ3) is 5.02. The van der Waals surface area contributed by atoms with Gasteiger partial charge in [0, 0.05) is 36.6 Å². The number of aromatic hydroxyl groups is 1. The topological polar surface area (TPSA) is 120 Å². The molecule has 8 nitrogen and oxygen atoms in total. The lowest BCUT2D eigenvalue weighted by Crippen LogP contribution is -2.51. The molecule has 0 radical (unpaired) electrons. The third-order valence-corrected chi connectivity index (χ3v) is 5.73. The van der Waals surface area contributed by atoms with Crippen LogP contribution in [0.25, 0.3) is 0 Å². The van der Waals surface area contributed by atoms with Gasteiger partial charge in [-0.05, 0) is 36.4 Å². The van der Waals surface area contributed by atoms with Crippen molar-refractivity contribution in [2.24, 2.45) is 0 Å². The molecule has 2 atom stereocenters. The number of ketones is 1.